The van der Waals surface area contributed by atoms with Crippen LogP contribution in [0.3, 0.4) is 0 Å². The van der Waals surface area contributed by atoms with Gasteiger partial charge >= 0.3 is 0 Å². The summed E-state index contributed by atoms with van der Waals surface area (Å²) in [5.74, 6) is -0.388. The minimum atomic E-state index is -3.96. The number of rotatable bonds is 10. The van der Waals surface area contributed by atoms with Gasteiger partial charge in [0.2, 0.25) is 10.0 Å². The number of carbonyl (C=O) groups excluding carboxylic acids is 1. The van der Waals surface area contributed by atoms with Gasteiger partial charge in [0.05, 0.1) is 39.0 Å². The number of aromatic nitrogens is 2. The topological polar surface area (TPSA) is 131 Å². The van der Waals surface area contributed by atoms with Gasteiger partial charge in [-0.15, -0.1) is 0 Å². The van der Waals surface area contributed by atoms with Crippen LogP contribution in [0, 0.1) is 22.7 Å². The van der Waals surface area contributed by atoms with Gasteiger partial charge in [-0.2, -0.15) is 14.8 Å². The molecule has 4 aromatic rings. The number of benzene rings is 2. The summed E-state index contributed by atoms with van der Waals surface area (Å²) in [6.07, 6.45) is 1.63. The van der Waals surface area contributed by atoms with Crippen molar-refractivity contribution in [3.8, 4) is 12.1 Å². The first-order chi connectivity index (χ1) is 18.3. The molecule has 38 heavy (non-hydrogen) atoms. The normalized spacial score (nSPS) is 11.3. The lowest BCUT2D eigenvalue weighted by Gasteiger charge is -2.21. The summed E-state index contributed by atoms with van der Waals surface area (Å²) in [6, 6.07) is 20.2. The highest BCUT2D eigenvalue weighted by Crippen LogP contribution is 2.34. The van der Waals surface area contributed by atoms with Crippen molar-refractivity contribution in [2.24, 2.45) is 0 Å². The van der Waals surface area contributed by atoms with Crippen molar-refractivity contribution in [3.05, 3.63) is 83.1 Å². The van der Waals surface area contributed by atoms with Gasteiger partial charge in [0.1, 0.15) is 5.52 Å². The van der Waals surface area contributed by atoms with E-state index in [1.165, 1.54) is 40.5 Å². The predicted molar refractivity (Wildman–Crippen MR) is 145 cm³/mol. The van der Waals surface area contributed by atoms with Crippen LogP contribution in [0.25, 0.3) is 10.2 Å². The van der Waals surface area contributed by atoms with Crippen LogP contribution < -0.4 is 4.90 Å². The Kier molecular flexibility index (Phi) is 8.66. The number of thiazole rings is 1. The fourth-order valence-corrected chi connectivity index (χ4v) is 6.38. The maximum atomic E-state index is 13.7. The van der Waals surface area contributed by atoms with Crippen molar-refractivity contribution >= 4 is 54.2 Å². The number of para-hydroxylation sites is 1. The standard InChI is InChI=1S/C26H21ClN6O3S2/c27-22-7-3-8-23-24(22)31-26(37-23)33(18-20-6-1-2-15-30-20)25(34)19-9-11-21(12-10-19)38(35,36)32(16-4-13-28)17-5-14-29/h1-3,6-12,15H,4-5,16-18H2. The second-order valence-electron chi connectivity index (χ2n) is 8.04. The van der Waals surface area contributed by atoms with Crippen molar-refractivity contribution in [2.45, 2.75) is 24.3 Å². The number of anilines is 1. The molecule has 9 nitrogen and oxygen atoms in total. The largest absolute Gasteiger partial charge is 0.278 e. The number of halogens is 1. The van der Waals surface area contributed by atoms with Crippen LogP contribution in [0.1, 0.15) is 28.9 Å². The molecule has 0 unspecified atom stereocenters. The number of amides is 1. The highest BCUT2D eigenvalue weighted by Gasteiger charge is 2.26. The van der Waals surface area contributed by atoms with Gasteiger partial charge < -0.3 is 0 Å². The first-order valence-electron chi connectivity index (χ1n) is 11.5. The summed E-state index contributed by atoms with van der Waals surface area (Å²) in [6.45, 7) is 0.0890. The van der Waals surface area contributed by atoms with Gasteiger partial charge in [-0.1, -0.05) is 35.1 Å². The van der Waals surface area contributed by atoms with E-state index in [-0.39, 0.29) is 48.8 Å². The summed E-state index contributed by atoms with van der Waals surface area (Å²) in [5.41, 5.74) is 1.49. The van der Waals surface area contributed by atoms with E-state index in [9.17, 15) is 13.2 Å². The quantitative estimate of drug-likeness (QED) is 0.264. The van der Waals surface area contributed by atoms with E-state index in [2.05, 4.69) is 9.97 Å². The number of nitriles is 2. The molecule has 12 heteroatoms. The molecule has 0 N–H and O–H groups in total. The van der Waals surface area contributed by atoms with Crippen LogP contribution in [0.2, 0.25) is 5.02 Å². The first-order valence-corrected chi connectivity index (χ1v) is 14.1. The second-order valence-corrected chi connectivity index (χ2v) is 11.4. The lowest BCUT2D eigenvalue weighted by atomic mass is 10.2. The third-order valence-electron chi connectivity index (χ3n) is 5.57. The lowest BCUT2D eigenvalue weighted by molar-refractivity contribution is 0.0984. The third-order valence-corrected chi connectivity index (χ3v) is 8.83. The van der Waals surface area contributed by atoms with E-state index < -0.39 is 10.0 Å². The van der Waals surface area contributed by atoms with Gasteiger partial charge in [0, 0.05) is 37.7 Å². The Labute approximate surface area is 229 Å². The summed E-state index contributed by atoms with van der Waals surface area (Å²) in [4.78, 5) is 24.1. The Bertz CT molecular complexity index is 1610. The number of fused-ring (bicyclic) bond motifs is 1. The van der Waals surface area contributed by atoms with Gasteiger partial charge in [0.15, 0.2) is 5.13 Å². The van der Waals surface area contributed by atoms with Crippen LogP contribution in [-0.4, -0.2) is 41.7 Å². The molecule has 0 radical (unpaired) electrons. The molecule has 192 valence electrons. The zero-order valence-electron chi connectivity index (χ0n) is 20.0. The molecular weight excluding hydrogens is 544 g/mol. The Hall–Kier alpha value is -3.87. The summed E-state index contributed by atoms with van der Waals surface area (Å²) >= 11 is 7.63. The highest BCUT2D eigenvalue weighted by molar-refractivity contribution is 7.89. The summed E-state index contributed by atoms with van der Waals surface area (Å²) in [5, 5.41) is 18.7. The second kappa shape index (κ2) is 12.1. The smallest absolute Gasteiger partial charge is 0.260 e. The summed E-state index contributed by atoms with van der Waals surface area (Å²) < 4.78 is 28.2. The predicted octanol–water partition coefficient (Wildman–Crippen LogP) is 5.01. The SMILES string of the molecule is N#CCCN(CCC#N)S(=O)(=O)c1ccc(C(=O)N(Cc2ccccn2)c2nc3c(Cl)cccc3s2)cc1. The van der Waals surface area contributed by atoms with Crippen LogP contribution in [0.4, 0.5) is 5.13 Å². The van der Waals surface area contributed by atoms with E-state index in [0.29, 0.717) is 21.4 Å². The first kappa shape index (κ1) is 27.2. The zero-order valence-corrected chi connectivity index (χ0v) is 22.4. The van der Waals surface area contributed by atoms with Crippen molar-refractivity contribution in [1.82, 2.24) is 14.3 Å². The number of nitrogens with zero attached hydrogens (tertiary/aromatic N) is 6. The number of carbonyl (C=O) groups is 1. The van der Waals surface area contributed by atoms with Crippen LogP contribution in [0.5, 0.6) is 0 Å². The van der Waals surface area contributed by atoms with E-state index in [1.54, 1.807) is 24.4 Å². The highest BCUT2D eigenvalue weighted by atomic mass is 35.5. The molecule has 2 aromatic carbocycles. The minimum absolute atomic E-state index is 0.00407. The molecule has 1 amide bonds. The number of sulfonamides is 1. The molecule has 0 saturated heterocycles. The molecule has 0 aliphatic heterocycles. The Morgan fingerprint density at radius 2 is 1.68 bits per heavy atom. The van der Waals surface area contributed by atoms with Crippen LogP contribution in [0.15, 0.2) is 71.8 Å². The van der Waals surface area contributed by atoms with Gasteiger partial charge in [-0.05, 0) is 48.5 Å². The van der Waals surface area contributed by atoms with Gasteiger partial charge in [-0.3, -0.25) is 14.7 Å². The number of hydrogen-bond donors (Lipinski definition) is 0. The van der Waals surface area contributed by atoms with Crippen molar-refractivity contribution < 1.29 is 13.2 Å². The monoisotopic (exact) mass is 564 g/mol. The molecule has 0 bridgehead atoms. The number of pyridine rings is 1. The molecule has 0 aliphatic rings. The molecular formula is C26H21ClN6O3S2. The van der Waals surface area contributed by atoms with E-state index in [4.69, 9.17) is 22.1 Å². The molecule has 0 aliphatic carbocycles. The molecule has 0 atom stereocenters. The minimum Gasteiger partial charge on any atom is -0.278 e. The maximum absolute atomic E-state index is 13.7. The molecule has 0 saturated carbocycles. The van der Waals surface area contributed by atoms with Crippen LogP contribution in [-0.2, 0) is 16.6 Å². The van der Waals surface area contributed by atoms with E-state index in [1.807, 2.05) is 30.3 Å². The Morgan fingerprint density at radius 3 is 2.29 bits per heavy atom. The van der Waals surface area contributed by atoms with Crippen molar-refractivity contribution in [3.63, 3.8) is 0 Å². The molecule has 0 spiro atoms. The average molecular weight is 565 g/mol. The lowest BCUT2D eigenvalue weighted by Crippen LogP contribution is -2.33. The number of hydrogen-bond acceptors (Lipinski definition) is 8. The molecule has 2 aromatic heterocycles. The fraction of sp³-hybridized carbons (Fsp3) is 0.192. The molecule has 4 rings (SSSR count). The average Bonchev–Trinajstić information content (AvgIpc) is 3.37. The van der Waals surface area contributed by atoms with Gasteiger partial charge in [0.25, 0.3) is 5.91 Å². The zero-order chi connectivity index (χ0) is 27.1. The van der Waals surface area contributed by atoms with Crippen molar-refractivity contribution in [2.75, 3.05) is 18.0 Å². The van der Waals surface area contributed by atoms with Crippen LogP contribution >= 0.6 is 22.9 Å². The molecule has 2 heterocycles. The maximum Gasteiger partial charge on any atom is 0.260 e. The fourth-order valence-electron chi connectivity index (χ4n) is 3.67. The Balaban J connectivity index is 1.67. The van der Waals surface area contributed by atoms with E-state index >= 15 is 0 Å². The van der Waals surface area contributed by atoms with E-state index in [0.717, 1.165) is 9.01 Å². The summed E-state index contributed by atoms with van der Waals surface area (Å²) in [7, 11) is -3.96. The third kappa shape index (κ3) is 5.98. The Morgan fingerprint density at radius 1 is 0.974 bits per heavy atom. The molecule has 0 fully saturated rings. The van der Waals surface area contributed by atoms with Gasteiger partial charge in [-0.25, -0.2) is 13.4 Å². The van der Waals surface area contributed by atoms with Crippen molar-refractivity contribution in [1.29, 1.82) is 10.5 Å².